The molecule has 21 heavy (non-hydrogen) atoms. The third-order valence-electron chi connectivity index (χ3n) is 4.22. The molecule has 4 rings (SSSR count). The number of fused-ring (bicyclic) bond motifs is 2. The molecule has 1 aliphatic carbocycles. The van der Waals surface area contributed by atoms with Gasteiger partial charge in [0.1, 0.15) is 0 Å². The van der Waals surface area contributed by atoms with Gasteiger partial charge in [0.05, 0.1) is 6.04 Å². The molecule has 0 spiro atoms. The molecule has 1 aromatic heterocycles. The Morgan fingerprint density at radius 3 is 2.95 bits per heavy atom. The van der Waals surface area contributed by atoms with Crippen molar-refractivity contribution in [3.05, 3.63) is 70.5 Å². The van der Waals surface area contributed by atoms with Gasteiger partial charge in [-0.05, 0) is 42.2 Å². The van der Waals surface area contributed by atoms with Crippen LogP contribution in [0, 0.1) is 0 Å². The van der Waals surface area contributed by atoms with E-state index in [0.717, 1.165) is 12.8 Å². The summed E-state index contributed by atoms with van der Waals surface area (Å²) in [6, 6.07) is 15.3. The third kappa shape index (κ3) is 2.22. The van der Waals surface area contributed by atoms with E-state index >= 15 is 0 Å². The maximum absolute atomic E-state index is 4.20. The first-order valence-electron chi connectivity index (χ1n) is 7.19. The molecule has 1 aliphatic rings. The summed E-state index contributed by atoms with van der Waals surface area (Å²) in [6.45, 7) is 0. The van der Waals surface area contributed by atoms with Crippen molar-refractivity contribution in [2.45, 2.75) is 18.9 Å². The van der Waals surface area contributed by atoms with Gasteiger partial charge in [0.15, 0.2) is 0 Å². The molecule has 104 valence electrons. The molecule has 0 bridgehead atoms. The van der Waals surface area contributed by atoms with Gasteiger partial charge in [0, 0.05) is 33.3 Å². The molecule has 0 saturated heterocycles. The quantitative estimate of drug-likeness (QED) is 0.703. The summed E-state index contributed by atoms with van der Waals surface area (Å²) in [6.07, 6.45) is 6.03. The molecule has 2 aromatic carbocycles. The first-order chi connectivity index (χ1) is 10.3. The number of nitrogens with one attached hydrogen (secondary N) is 1. The standard InChI is InChI=1S/C18H15BrN2/c19-16-5-2-4-15-14(16)7-8-18(15)21-17-6-1-3-12-11-20-10-9-13(12)17/h1-6,9-11,18,21H,7-8H2. The van der Waals surface area contributed by atoms with E-state index in [9.17, 15) is 0 Å². The zero-order valence-electron chi connectivity index (χ0n) is 11.5. The van der Waals surface area contributed by atoms with E-state index in [1.165, 1.54) is 32.1 Å². The van der Waals surface area contributed by atoms with E-state index < -0.39 is 0 Å². The highest BCUT2D eigenvalue weighted by atomic mass is 79.9. The number of nitrogens with zero attached hydrogens (tertiary/aromatic N) is 1. The second kappa shape index (κ2) is 5.15. The second-order valence-corrected chi connectivity index (χ2v) is 6.30. The fourth-order valence-electron chi connectivity index (χ4n) is 3.20. The number of halogens is 1. The van der Waals surface area contributed by atoms with E-state index in [-0.39, 0.29) is 0 Å². The minimum absolute atomic E-state index is 0.385. The van der Waals surface area contributed by atoms with Crippen LogP contribution >= 0.6 is 15.9 Å². The number of aromatic nitrogens is 1. The van der Waals surface area contributed by atoms with Crippen molar-refractivity contribution in [3.8, 4) is 0 Å². The van der Waals surface area contributed by atoms with Crippen LogP contribution in [0.15, 0.2) is 59.3 Å². The van der Waals surface area contributed by atoms with Gasteiger partial charge in [0.25, 0.3) is 0 Å². The van der Waals surface area contributed by atoms with Crippen LogP contribution in [-0.4, -0.2) is 4.98 Å². The van der Waals surface area contributed by atoms with Gasteiger partial charge in [-0.1, -0.05) is 40.2 Å². The van der Waals surface area contributed by atoms with Crippen molar-refractivity contribution < 1.29 is 0 Å². The summed E-state index contributed by atoms with van der Waals surface area (Å²) >= 11 is 3.66. The monoisotopic (exact) mass is 338 g/mol. The maximum atomic E-state index is 4.20. The zero-order chi connectivity index (χ0) is 14.2. The SMILES string of the molecule is Brc1cccc2c1CCC2Nc1cccc2cnccc12. The molecule has 2 nitrogen and oxygen atoms in total. The fourth-order valence-corrected chi connectivity index (χ4v) is 3.78. The van der Waals surface area contributed by atoms with Gasteiger partial charge in [0.2, 0.25) is 0 Å². The lowest BCUT2D eigenvalue weighted by molar-refractivity contribution is 0.763. The Morgan fingerprint density at radius 2 is 2.00 bits per heavy atom. The van der Waals surface area contributed by atoms with Crippen molar-refractivity contribution in [2.75, 3.05) is 5.32 Å². The van der Waals surface area contributed by atoms with Gasteiger partial charge in [-0.25, -0.2) is 0 Å². The van der Waals surface area contributed by atoms with E-state index in [4.69, 9.17) is 0 Å². The fraction of sp³-hybridized carbons (Fsp3) is 0.167. The smallest absolute Gasteiger partial charge is 0.0520 e. The second-order valence-electron chi connectivity index (χ2n) is 5.45. The normalized spacial score (nSPS) is 16.9. The molecule has 1 heterocycles. The number of anilines is 1. The van der Waals surface area contributed by atoms with Crippen LogP contribution in [0.25, 0.3) is 10.8 Å². The lowest BCUT2D eigenvalue weighted by Gasteiger charge is -2.17. The van der Waals surface area contributed by atoms with Crippen molar-refractivity contribution in [1.82, 2.24) is 4.98 Å². The Hall–Kier alpha value is -1.87. The predicted molar refractivity (Wildman–Crippen MR) is 90.6 cm³/mol. The Kier molecular flexibility index (Phi) is 3.15. The molecular formula is C18H15BrN2. The highest BCUT2D eigenvalue weighted by molar-refractivity contribution is 9.10. The number of hydrogen-bond donors (Lipinski definition) is 1. The number of benzene rings is 2. The molecule has 0 saturated carbocycles. The molecule has 1 atom stereocenters. The van der Waals surface area contributed by atoms with Crippen molar-refractivity contribution in [1.29, 1.82) is 0 Å². The molecule has 1 unspecified atom stereocenters. The molecular weight excluding hydrogens is 324 g/mol. The van der Waals surface area contributed by atoms with Gasteiger partial charge in [-0.2, -0.15) is 0 Å². The Bertz CT molecular complexity index is 808. The van der Waals surface area contributed by atoms with Gasteiger partial charge >= 0.3 is 0 Å². The molecule has 0 amide bonds. The maximum Gasteiger partial charge on any atom is 0.0520 e. The zero-order valence-corrected chi connectivity index (χ0v) is 13.1. The average molecular weight is 339 g/mol. The number of pyridine rings is 1. The minimum Gasteiger partial charge on any atom is -0.378 e. The van der Waals surface area contributed by atoms with Crippen LogP contribution in [-0.2, 0) is 6.42 Å². The van der Waals surface area contributed by atoms with E-state index in [0.29, 0.717) is 6.04 Å². The summed E-state index contributed by atoms with van der Waals surface area (Å²) in [5.41, 5.74) is 4.04. The summed E-state index contributed by atoms with van der Waals surface area (Å²) in [5.74, 6) is 0. The Labute approximate surface area is 132 Å². The summed E-state index contributed by atoms with van der Waals surface area (Å²) in [5, 5.41) is 6.13. The van der Waals surface area contributed by atoms with Gasteiger partial charge in [-0.3, -0.25) is 4.98 Å². The average Bonchev–Trinajstić information content (AvgIpc) is 2.92. The highest BCUT2D eigenvalue weighted by Gasteiger charge is 2.24. The van der Waals surface area contributed by atoms with E-state index in [1.54, 1.807) is 0 Å². The van der Waals surface area contributed by atoms with Crippen molar-refractivity contribution in [2.24, 2.45) is 0 Å². The number of hydrogen-bond acceptors (Lipinski definition) is 2. The molecule has 3 heteroatoms. The summed E-state index contributed by atoms with van der Waals surface area (Å²) < 4.78 is 1.23. The Morgan fingerprint density at radius 1 is 1.10 bits per heavy atom. The minimum atomic E-state index is 0.385. The van der Waals surface area contributed by atoms with Crippen molar-refractivity contribution >= 4 is 32.4 Å². The largest absolute Gasteiger partial charge is 0.378 e. The lowest BCUT2D eigenvalue weighted by atomic mass is 10.1. The third-order valence-corrected chi connectivity index (χ3v) is 4.97. The number of rotatable bonds is 2. The van der Waals surface area contributed by atoms with E-state index in [2.05, 4.69) is 68.7 Å². The van der Waals surface area contributed by atoms with Crippen LogP contribution in [0.2, 0.25) is 0 Å². The molecule has 1 N–H and O–H groups in total. The first-order valence-corrected chi connectivity index (χ1v) is 7.99. The lowest BCUT2D eigenvalue weighted by Crippen LogP contribution is -2.07. The molecule has 0 radical (unpaired) electrons. The van der Waals surface area contributed by atoms with Crippen LogP contribution in [0.4, 0.5) is 5.69 Å². The molecule has 0 fully saturated rings. The van der Waals surface area contributed by atoms with Crippen LogP contribution < -0.4 is 5.32 Å². The predicted octanol–water partition coefficient (Wildman–Crippen LogP) is 5.10. The highest BCUT2D eigenvalue weighted by Crippen LogP contribution is 2.38. The summed E-state index contributed by atoms with van der Waals surface area (Å²) in [4.78, 5) is 4.20. The Balaban J connectivity index is 1.73. The van der Waals surface area contributed by atoms with Crippen molar-refractivity contribution in [3.63, 3.8) is 0 Å². The molecule has 0 aliphatic heterocycles. The summed E-state index contributed by atoms with van der Waals surface area (Å²) in [7, 11) is 0. The van der Waals surface area contributed by atoms with Gasteiger partial charge in [-0.15, -0.1) is 0 Å². The van der Waals surface area contributed by atoms with Crippen LogP contribution in [0.3, 0.4) is 0 Å². The van der Waals surface area contributed by atoms with Gasteiger partial charge < -0.3 is 5.32 Å². The van der Waals surface area contributed by atoms with E-state index in [1.807, 2.05) is 12.4 Å². The topological polar surface area (TPSA) is 24.9 Å². The molecule has 3 aromatic rings. The van der Waals surface area contributed by atoms with Crippen LogP contribution in [0.5, 0.6) is 0 Å². The van der Waals surface area contributed by atoms with Crippen LogP contribution in [0.1, 0.15) is 23.6 Å². The first kappa shape index (κ1) is 12.8.